The van der Waals surface area contributed by atoms with Gasteiger partial charge in [-0.1, -0.05) is 26.8 Å². The van der Waals surface area contributed by atoms with Crippen molar-refractivity contribution in [3.05, 3.63) is 30.1 Å². The number of nitrogens with one attached hydrogen (secondary N) is 2. The van der Waals surface area contributed by atoms with E-state index >= 15 is 0 Å². The molecule has 1 aromatic carbocycles. The molecule has 1 heterocycles. The predicted octanol–water partition coefficient (Wildman–Crippen LogP) is 2.90. The first-order chi connectivity index (χ1) is 12.1. The molecule has 3 rings (SSSR count). The van der Waals surface area contributed by atoms with Crippen molar-refractivity contribution in [2.45, 2.75) is 45.6 Å². The van der Waals surface area contributed by atoms with Crippen molar-refractivity contribution < 1.29 is 18.8 Å². The molecule has 1 aliphatic carbocycles. The number of anilines is 1. The number of hydrogen-bond donors (Lipinski definition) is 2. The molecule has 0 bridgehead atoms. The summed E-state index contributed by atoms with van der Waals surface area (Å²) in [6.45, 7) is 5.85. The molecule has 0 aromatic heterocycles. The maximum atomic E-state index is 13.2. The van der Waals surface area contributed by atoms with E-state index in [2.05, 4.69) is 31.4 Å². The fourth-order valence-electron chi connectivity index (χ4n) is 4.56. The van der Waals surface area contributed by atoms with E-state index in [1.54, 1.807) is 6.07 Å². The van der Waals surface area contributed by atoms with Crippen LogP contribution in [0.2, 0.25) is 0 Å². The van der Waals surface area contributed by atoms with Gasteiger partial charge in [-0.05, 0) is 48.8 Å². The maximum Gasteiger partial charge on any atom is 0.325 e. The largest absolute Gasteiger partial charge is 0.325 e. The molecule has 0 unspecified atom stereocenters. The Hall–Kier alpha value is -2.44. The first-order valence-electron chi connectivity index (χ1n) is 8.80. The Morgan fingerprint density at radius 2 is 2.08 bits per heavy atom. The van der Waals surface area contributed by atoms with Gasteiger partial charge in [0.15, 0.2) is 0 Å². The standard InChI is InChI=1S/C19H24FN3O3/c1-12-8-18(2,3)11-19(9-12)16(25)23(17(26)22-19)10-15(24)21-14-6-4-5-13(20)7-14/h4-7,12H,8-11H2,1-3H3,(H,21,24)(H,22,26)/t12-,19+/m1/s1. The molecule has 1 aliphatic heterocycles. The van der Waals surface area contributed by atoms with Gasteiger partial charge in [-0.3, -0.25) is 14.5 Å². The van der Waals surface area contributed by atoms with Crippen molar-refractivity contribution in [3.63, 3.8) is 0 Å². The molecule has 6 nitrogen and oxygen atoms in total. The molecule has 140 valence electrons. The Bertz CT molecular complexity index is 764. The molecule has 2 N–H and O–H groups in total. The van der Waals surface area contributed by atoms with Crippen LogP contribution in [-0.4, -0.2) is 34.8 Å². The molecule has 1 spiro atoms. The molecule has 2 aliphatic rings. The number of rotatable bonds is 3. The zero-order chi connectivity index (χ0) is 19.1. The van der Waals surface area contributed by atoms with Gasteiger partial charge in [0.1, 0.15) is 17.9 Å². The Morgan fingerprint density at radius 3 is 2.73 bits per heavy atom. The topological polar surface area (TPSA) is 78.5 Å². The summed E-state index contributed by atoms with van der Waals surface area (Å²) in [4.78, 5) is 38.5. The molecule has 1 saturated carbocycles. The number of carbonyl (C=O) groups excluding carboxylic acids is 3. The van der Waals surface area contributed by atoms with Crippen LogP contribution in [0.25, 0.3) is 0 Å². The van der Waals surface area contributed by atoms with Crippen molar-refractivity contribution >= 4 is 23.5 Å². The van der Waals surface area contributed by atoms with Gasteiger partial charge in [-0.25, -0.2) is 9.18 Å². The minimum Gasteiger partial charge on any atom is -0.324 e. The second kappa shape index (κ2) is 6.37. The minimum atomic E-state index is -0.933. The average molecular weight is 361 g/mol. The van der Waals surface area contributed by atoms with Crippen molar-refractivity contribution in [1.29, 1.82) is 0 Å². The van der Waals surface area contributed by atoms with Crippen LogP contribution in [-0.2, 0) is 9.59 Å². The normalized spacial score (nSPS) is 27.5. The molecule has 4 amide bonds. The maximum absolute atomic E-state index is 13.2. The van der Waals surface area contributed by atoms with Gasteiger partial charge in [-0.2, -0.15) is 0 Å². The van der Waals surface area contributed by atoms with Crippen LogP contribution in [0.15, 0.2) is 24.3 Å². The predicted molar refractivity (Wildman–Crippen MR) is 94.8 cm³/mol. The Balaban J connectivity index is 1.72. The van der Waals surface area contributed by atoms with Gasteiger partial charge >= 0.3 is 6.03 Å². The minimum absolute atomic E-state index is 0.0690. The molecule has 2 atom stereocenters. The molecule has 1 aromatic rings. The summed E-state index contributed by atoms with van der Waals surface area (Å²) in [6, 6.07) is 4.91. The lowest BCUT2D eigenvalue weighted by Gasteiger charge is -2.43. The monoisotopic (exact) mass is 361 g/mol. The van der Waals surface area contributed by atoms with Gasteiger partial charge in [0, 0.05) is 5.69 Å². The number of hydrogen-bond acceptors (Lipinski definition) is 3. The van der Waals surface area contributed by atoms with Crippen LogP contribution < -0.4 is 10.6 Å². The SMILES string of the molecule is C[C@@H]1CC(C)(C)C[C@]2(C1)NC(=O)N(CC(=O)Nc1cccc(F)c1)C2=O. The molecule has 1 saturated heterocycles. The molecule has 2 fully saturated rings. The molecule has 0 radical (unpaired) electrons. The van der Waals surface area contributed by atoms with Crippen molar-refractivity contribution in [2.24, 2.45) is 11.3 Å². The first-order valence-corrected chi connectivity index (χ1v) is 8.80. The van der Waals surface area contributed by atoms with E-state index in [4.69, 9.17) is 0 Å². The molecular formula is C19H24FN3O3. The summed E-state index contributed by atoms with van der Waals surface area (Å²) in [5.41, 5.74) is -0.720. The quantitative estimate of drug-likeness (QED) is 0.813. The Labute approximate surface area is 152 Å². The average Bonchev–Trinajstić information content (AvgIpc) is 2.68. The van der Waals surface area contributed by atoms with Crippen LogP contribution in [0.5, 0.6) is 0 Å². The van der Waals surface area contributed by atoms with Crippen molar-refractivity contribution in [1.82, 2.24) is 10.2 Å². The van der Waals surface area contributed by atoms with E-state index in [9.17, 15) is 18.8 Å². The van der Waals surface area contributed by atoms with Gasteiger partial charge in [0.25, 0.3) is 5.91 Å². The Morgan fingerprint density at radius 1 is 1.35 bits per heavy atom. The number of halogens is 1. The first kappa shape index (κ1) is 18.4. The van der Waals surface area contributed by atoms with Crippen molar-refractivity contribution in [3.8, 4) is 0 Å². The number of imide groups is 1. The lowest BCUT2D eigenvalue weighted by atomic mass is 9.64. The van der Waals surface area contributed by atoms with E-state index in [1.165, 1.54) is 18.2 Å². The zero-order valence-corrected chi connectivity index (χ0v) is 15.3. The third-order valence-electron chi connectivity index (χ3n) is 5.03. The van der Waals surface area contributed by atoms with Gasteiger partial charge in [-0.15, -0.1) is 0 Å². The van der Waals surface area contributed by atoms with Crippen LogP contribution >= 0.6 is 0 Å². The van der Waals surface area contributed by atoms with E-state index < -0.39 is 29.8 Å². The fraction of sp³-hybridized carbons (Fsp3) is 0.526. The number of nitrogens with zero attached hydrogens (tertiary/aromatic N) is 1. The smallest absolute Gasteiger partial charge is 0.324 e. The molecular weight excluding hydrogens is 337 g/mol. The highest BCUT2D eigenvalue weighted by molar-refractivity contribution is 6.10. The van der Waals surface area contributed by atoms with E-state index in [0.717, 1.165) is 11.3 Å². The van der Waals surface area contributed by atoms with Crippen molar-refractivity contribution in [2.75, 3.05) is 11.9 Å². The third-order valence-corrected chi connectivity index (χ3v) is 5.03. The second-order valence-corrected chi connectivity index (χ2v) is 8.32. The Kier molecular flexibility index (Phi) is 4.50. The summed E-state index contributed by atoms with van der Waals surface area (Å²) in [6.07, 6.45) is 2.11. The van der Waals surface area contributed by atoms with Crippen LogP contribution in [0.3, 0.4) is 0 Å². The lowest BCUT2D eigenvalue weighted by Crippen LogP contribution is -2.54. The lowest BCUT2D eigenvalue weighted by molar-refractivity contribution is -0.136. The van der Waals surface area contributed by atoms with Crippen LogP contribution in [0, 0.1) is 17.2 Å². The second-order valence-electron chi connectivity index (χ2n) is 8.32. The molecule has 7 heteroatoms. The van der Waals surface area contributed by atoms with Gasteiger partial charge in [0.05, 0.1) is 0 Å². The van der Waals surface area contributed by atoms with Crippen LogP contribution in [0.4, 0.5) is 14.9 Å². The number of carbonyl (C=O) groups is 3. The highest BCUT2D eigenvalue weighted by Gasteiger charge is 2.56. The molecule has 26 heavy (non-hydrogen) atoms. The highest BCUT2D eigenvalue weighted by atomic mass is 19.1. The summed E-state index contributed by atoms with van der Waals surface area (Å²) < 4.78 is 13.2. The highest BCUT2D eigenvalue weighted by Crippen LogP contribution is 2.46. The van der Waals surface area contributed by atoms with E-state index in [1.807, 2.05) is 0 Å². The summed E-state index contributed by atoms with van der Waals surface area (Å²) >= 11 is 0. The summed E-state index contributed by atoms with van der Waals surface area (Å²) in [5, 5.41) is 5.35. The van der Waals surface area contributed by atoms with Gasteiger partial charge < -0.3 is 10.6 Å². The zero-order valence-electron chi connectivity index (χ0n) is 15.3. The van der Waals surface area contributed by atoms with E-state index in [-0.39, 0.29) is 17.0 Å². The number of benzene rings is 1. The third kappa shape index (κ3) is 3.57. The number of amides is 4. The number of urea groups is 1. The summed E-state index contributed by atoms with van der Waals surface area (Å²) in [5.74, 6) is -1.07. The van der Waals surface area contributed by atoms with E-state index in [0.29, 0.717) is 18.8 Å². The van der Waals surface area contributed by atoms with Crippen LogP contribution in [0.1, 0.15) is 40.0 Å². The van der Waals surface area contributed by atoms with Gasteiger partial charge in [0.2, 0.25) is 5.91 Å². The summed E-state index contributed by atoms with van der Waals surface area (Å²) in [7, 11) is 0. The fourth-order valence-corrected chi connectivity index (χ4v) is 4.56.